The minimum atomic E-state index is 0.318. The van der Waals surface area contributed by atoms with Gasteiger partial charge in [0.25, 0.3) is 5.89 Å². The standard InChI is InChI=1S/C16H12N4O/c17-8-5-13-3-1-2-4-14(13)16-19-15(20-21-16)11-12-6-9-18-10-7-12/h1-4,6-7,9-10H,5,11H2. The van der Waals surface area contributed by atoms with Crippen LogP contribution in [0.1, 0.15) is 17.0 Å². The largest absolute Gasteiger partial charge is 0.334 e. The zero-order chi connectivity index (χ0) is 14.5. The molecule has 0 saturated heterocycles. The van der Waals surface area contributed by atoms with Crippen LogP contribution in [0.5, 0.6) is 0 Å². The molecule has 0 atom stereocenters. The Morgan fingerprint density at radius 1 is 1.10 bits per heavy atom. The zero-order valence-corrected chi connectivity index (χ0v) is 11.2. The van der Waals surface area contributed by atoms with E-state index < -0.39 is 0 Å². The molecule has 0 saturated carbocycles. The van der Waals surface area contributed by atoms with Crippen LogP contribution in [-0.4, -0.2) is 15.1 Å². The topological polar surface area (TPSA) is 75.6 Å². The Balaban J connectivity index is 1.87. The first-order valence-electron chi connectivity index (χ1n) is 6.53. The van der Waals surface area contributed by atoms with Crippen LogP contribution >= 0.6 is 0 Å². The van der Waals surface area contributed by atoms with E-state index in [0.29, 0.717) is 24.6 Å². The number of rotatable bonds is 4. The maximum Gasteiger partial charge on any atom is 0.258 e. The second-order valence-electron chi connectivity index (χ2n) is 4.54. The van der Waals surface area contributed by atoms with Crippen LogP contribution in [-0.2, 0) is 12.8 Å². The van der Waals surface area contributed by atoms with Gasteiger partial charge in [-0.15, -0.1) is 0 Å². The van der Waals surface area contributed by atoms with Crippen LogP contribution in [0.3, 0.4) is 0 Å². The summed E-state index contributed by atoms with van der Waals surface area (Å²) in [6.07, 6.45) is 4.38. The molecule has 0 aliphatic heterocycles. The fourth-order valence-electron chi connectivity index (χ4n) is 2.09. The molecule has 3 aromatic rings. The van der Waals surface area contributed by atoms with Gasteiger partial charge in [-0.05, 0) is 29.3 Å². The van der Waals surface area contributed by atoms with E-state index in [1.807, 2.05) is 36.4 Å². The predicted octanol–water partition coefficient (Wildman–Crippen LogP) is 2.79. The Labute approximate surface area is 121 Å². The van der Waals surface area contributed by atoms with Crippen LogP contribution in [0.4, 0.5) is 0 Å². The van der Waals surface area contributed by atoms with Crippen LogP contribution in [0.2, 0.25) is 0 Å². The molecule has 0 unspecified atom stereocenters. The first-order chi connectivity index (χ1) is 10.4. The fourth-order valence-corrected chi connectivity index (χ4v) is 2.09. The maximum absolute atomic E-state index is 8.87. The third-order valence-corrected chi connectivity index (χ3v) is 3.10. The van der Waals surface area contributed by atoms with Gasteiger partial charge in [-0.1, -0.05) is 23.4 Å². The van der Waals surface area contributed by atoms with Gasteiger partial charge in [0.05, 0.1) is 12.5 Å². The fraction of sp³-hybridized carbons (Fsp3) is 0.125. The first kappa shape index (κ1) is 13.0. The van der Waals surface area contributed by atoms with Crippen molar-refractivity contribution in [3.05, 3.63) is 65.7 Å². The number of hydrogen-bond donors (Lipinski definition) is 0. The average Bonchev–Trinajstić information content (AvgIpc) is 2.97. The van der Waals surface area contributed by atoms with E-state index in [1.165, 1.54) is 0 Å². The molecule has 21 heavy (non-hydrogen) atoms. The monoisotopic (exact) mass is 276 g/mol. The van der Waals surface area contributed by atoms with Gasteiger partial charge >= 0.3 is 0 Å². The molecule has 5 nitrogen and oxygen atoms in total. The molecule has 0 bridgehead atoms. The number of aromatic nitrogens is 3. The van der Waals surface area contributed by atoms with Crippen molar-refractivity contribution >= 4 is 0 Å². The Bertz CT molecular complexity index is 774. The lowest BCUT2D eigenvalue weighted by Gasteiger charge is -2.00. The maximum atomic E-state index is 8.87. The predicted molar refractivity (Wildman–Crippen MR) is 76.1 cm³/mol. The van der Waals surface area contributed by atoms with Crippen molar-refractivity contribution in [2.75, 3.05) is 0 Å². The minimum Gasteiger partial charge on any atom is -0.334 e. The molecule has 0 aliphatic carbocycles. The van der Waals surface area contributed by atoms with Gasteiger partial charge in [0, 0.05) is 24.4 Å². The van der Waals surface area contributed by atoms with Gasteiger partial charge in [0.1, 0.15) is 0 Å². The molecule has 102 valence electrons. The van der Waals surface area contributed by atoms with E-state index in [-0.39, 0.29) is 0 Å². The highest BCUT2D eigenvalue weighted by Gasteiger charge is 2.12. The van der Waals surface area contributed by atoms with Crippen molar-refractivity contribution in [3.63, 3.8) is 0 Å². The molecule has 2 heterocycles. The molecule has 0 amide bonds. The summed E-state index contributed by atoms with van der Waals surface area (Å²) in [5, 5.41) is 12.9. The first-order valence-corrected chi connectivity index (χ1v) is 6.53. The summed E-state index contributed by atoms with van der Waals surface area (Å²) >= 11 is 0. The van der Waals surface area contributed by atoms with E-state index in [4.69, 9.17) is 9.78 Å². The molecular formula is C16H12N4O. The van der Waals surface area contributed by atoms with E-state index in [0.717, 1.165) is 16.7 Å². The van der Waals surface area contributed by atoms with Gasteiger partial charge in [-0.3, -0.25) is 4.98 Å². The normalized spacial score (nSPS) is 10.2. The molecule has 0 spiro atoms. The molecule has 0 N–H and O–H groups in total. The molecule has 3 rings (SSSR count). The van der Waals surface area contributed by atoms with Crippen molar-refractivity contribution in [1.82, 2.24) is 15.1 Å². The smallest absolute Gasteiger partial charge is 0.258 e. The number of hydrogen-bond acceptors (Lipinski definition) is 5. The number of benzene rings is 1. The van der Waals surface area contributed by atoms with Crippen molar-refractivity contribution in [2.45, 2.75) is 12.8 Å². The summed E-state index contributed by atoms with van der Waals surface area (Å²) in [4.78, 5) is 8.39. The van der Waals surface area contributed by atoms with Gasteiger partial charge in [-0.2, -0.15) is 10.2 Å². The van der Waals surface area contributed by atoms with E-state index >= 15 is 0 Å². The van der Waals surface area contributed by atoms with E-state index in [9.17, 15) is 0 Å². The van der Waals surface area contributed by atoms with Crippen LogP contribution in [0.25, 0.3) is 11.5 Å². The summed E-state index contributed by atoms with van der Waals surface area (Å²) in [5.41, 5.74) is 2.77. The molecule has 2 aromatic heterocycles. The summed E-state index contributed by atoms with van der Waals surface area (Å²) < 4.78 is 5.32. The number of nitrogens with zero attached hydrogens (tertiary/aromatic N) is 4. The second-order valence-corrected chi connectivity index (χ2v) is 4.54. The summed E-state index contributed by atoms with van der Waals surface area (Å²) in [7, 11) is 0. The zero-order valence-electron chi connectivity index (χ0n) is 11.2. The van der Waals surface area contributed by atoms with Gasteiger partial charge in [0.15, 0.2) is 5.82 Å². The Morgan fingerprint density at radius 2 is 1.90 bits per heavy atom. The van der Waals surface area contributed by atoms with Crippen molar-refractivity contribution in [1.29, 1.82) is 5.26 Å². The molecular weight excluding hydrogens is 264 g/mol. The minimum absolute atomic E-state index is 0.318. The number of pyridine rings is 1. The molecule has 0 aliphatic rings. The molecule has 1 aromatic carbocycles. The highest BCUT2D eigenvalue weighted by Crippen LogP contribution is 2.22. The third kappa shape index (κ3) is 2.95. The van der Waals surface area contributed by atoms with Gasteiger partial charge in [-0.25, -0.2) is 0 Å². The number of nitriles is 1. The van der Waals surface area contributed by atoms with E-state index in [2.05, 4.69) is 21.2 Å². The van der Waals surface area contributed by atoms with Crippen molar-refractivity contribution < 1.29 is 4.52 Å². The van der Waals surface area contributed by atoms with Crippen molar-refractivity contribution in [3.8, 4) is 17.5 Å². The van der Waals surface area contributed by atoms with Crippen LogP contribution in [0.15, 0.2) is 53.3 Å². The summed E-state index contributed by atoms with van der Waals surface area (Å²) in [6, 6.07) is 13.5. The van der Waals surface area contributed by atoms with Crippen molar-refractivity contribution in [2.24, 2.45) is 0 Å². The lowest BCUT2D eigenvalue weighted by molar-refractivity contribution is 0.423. The van der Waals surface area contributed by atoms with E-state index in [1.54, 1.807) is 12.4 Å². The highest BCUT2D eigenvalue weighted by molar-refractivity contribution is 5.59. The Morgan fingerprint density at radius 3 is 2.71 bits per heavy atom. The van der Waals surface area contributed by atoms with Crippen LogP contribution < -0.4 is 0 Å². The van der Waals surface area contributed by atoms with Gasteiger partial charge < -0.3 is 4.52 Å². The third-order valence-electron chi connectivity index (χ3n) is 3.10. The quantitative estimate of drug-likeness (QED) is 0.732. The lowest BCUT2D eigenvalue weighted by atomic mass is 10.1. The molecule has 5 heteroatoms. The lowest BCUT2D eigenvalue weighted by Crippen LogP contribution is -1.92. The Hall–Kier alpha value is -3.00. The summed E-state index contributed by atoms with van der Waals surface area (Å²) in [5.74, 6) is 1.06. The Kier molecular flexibility index (Phi) is 3.70. The second kappa shape index (κ2) is 5.97. The van der Waals surface area contributed by atoms with Crippen LogP contribution in [0, 0.1) is 11.3 Å². The highest BCUT2D eigenvalue weighted by atomic mass is 16.5. The SMILES string of the molecule is N#CCc1ccccc1-c1nc(Cc2ccncc2)no1. The summed E-state index contributed by atoms with van der Waals surface area (Å²) in [6.45, 7) is 0. The molecule has 0 fully saturated rings. The average molecular weight is 276 g/mol. The molecule has 0 radical (unpaired) electrons. The van der Waals surface area contributed by atoms with Gasteiger partial charge in [0.2, 0.25) is 0 Å².